The number of hydrogen-bond acceptors (Lipinski definition) is 3. The number of ether oxygens (including phenoxy) is 1. The van der Waals surface area contributed by atoms with E-state index in [1.54, 1.807) is 24.3 Å². The summed E-state index contributed by atoms with van der Waals surface area (Å²) >= 11 is 0. The minimum absolute atomic E-state index is 0.0740. The number of para-hydroxylation sites is 1. The molecule has 4 heteroatoms. The van der Waals surface area contributed by atoms with E-state index in [-0.39, 0.29) is 5.91 Å². The third-order valence-corrected chi connectivity index (χ3v) is 4.09. The molecule has 2 aromatic rings. The van der Waals surface area contributed by atoms with Gasteiger partial charge in [0.05, 0.1) is 23.8 Å². The molecule has 1 aliphatic carbocycles. The largest absolute Gasteiger partial charge is 0.465 e. The molecule has 0 aliphatic heterocycles. The highest BCUT2D eigenvalue weighted by Crippen LogP contribution is 2.49. The van der Waals surface area contributed by atoms with Crippen LogP contribution in [-0.2, 0) is 14.9 Å². The van der Waals surface area contributed by atoms with E-state index in [0.717, 1.165) is 18.4 Å². The zero-order valence-corrected chi connectivity index (χ0v) is 12.3. The Balaban J connectivity index is 1.86. The standard InChI is InChI=1S/C18H17NO3/c1-22-16(20)14-9-5-6-10-15(14)19-17(21)18(11-12-18)13-7-3-2-4-8-13/h2-10H,11-12H2,1H3,(H,19,21). The number of esters is 1. The van der Waals surface area contributed by atoms with Crippen LogP contribution in [0.25, 0.3) is 0 Å². The van der Waals surface area contributed by atoms with Crippen LogP contribution in [0.1, 0.15) is 28.8 Å². The van der Waals surface area contributed by atoms with Gasteiger partial charge in [-0.2, -0.15) is 0 Å². The topological polar surface area (TPSA) is 55.4 Å². The Morgan fingerprint density at radius 2 is 1.64 bits per heavy atom. The van der Waals surface area contributed by atoms with Crippen molar-refractivity contribution in [3.63, 3.8) is 0 Å². The minimum atomic E-state index is -0.468. The summed E-state index contributed by atoms with van der Waals surface area (Å²) in [5, 5.41) is 2.89. The van der Waals surface area contributed by atoms with E-state index in [4.69, 9.17) is 4.74 Å². The maximum atomic E-state index is 12.7. The van der Waals surface area contributed by atoms with Gasteiger partial charge in [0.2, 0.25) is 5.91 Å². The van der Waals surface area contributed by atoms with E-state index in [0.29, 0.717) is 11.3 Å². The fraction of sp³-hybridized carbons (Fsp3) is 0.222. The lowest BCUT2D eigenvalue weighted by molar-refractivity contribution is -0.118. The first-order chi connectivity index (χ1) is 10.7. The maximum absolute atomic E-state index is 12.7. The number of benzene rings is 2. The summed E-state index contributed by atoms with van der Waals surface area (Å²) in [6, 6.07) is 16.6. The van der Waals surface area contributed by atoms with E-state index in [9.17, 15) is 9.59 Å². The summed E-state index contributed by atoms with van der Waals surface area (Å²) in [7, 11) is 1.33. The van der Waals surface area contributed by atoms with Crippen molar-refractivity contribution < 1.29 is 14.3 Å². The molecule has 3 rings (SSSR count). The Morgan fingerprint density at radius 1 is 1.00 bits per heavy atom. The first-order valence-corrected chi connectivity index (χ1v) is 7.22. The molecular formula is C18H17NO3. The fourth-order valence-electron chi connectivity index (χ4n) is 2.65. The Labute approximate surface area is 129 Å². The van der Waals surface area contributed by atoms with Crippen molar-refractivity contribution in [1.29, 1.82) is 0 Å². The van der Waals surface area contributed by atoms with Gasteiger partial charge in [-0.25, -0.2) is 4.79 Å². The molecule has 0 aromatic heterocycles. The van der Waals surface area contributed by atoms with E-state index >= 15 is 0 Å². The normalized spacial score (nSPS) is 15.0. The van der Waals surface area contributed by atoms with Gasteiger partial charge in [-0.3, -0.25) is 4.79 Å². The number of amides is 1. The summed E-state index contributed by atoms with van der Waals surface area (Å²) in [5.74, 6) is -0.532. The van der Waals surface area contributed by atoms with Gasteiger partial charge in [-0.05, 0) is 30.5 Å². The van der Waals surface area contributed by atoms with Gasteiger partial charge in [-0.1, -0.05) is 42.5 Å². The first-order valence-electron chi connectivity index (χ1n) is 7.22. The summed E-state index contributed by atoms with van der Waals surface area (Å²) < 4.78 is 4.75. The fourth-order valence-corrected chi connectivity index (χ4v) is 2.65. The number of nitrogens with one attached hydrogen (secondary N) is 1. The molecule has 1 fully saturated rings. The molecule has 1 N–H and O–H groups in total. The minimum Gasteiger partial charge on any atom is -0.465 e. The predicted molar refractivity (Wildman–Crippen MR) is 83.8 cm³/mol. The van der Waals surface area contributed by atoms with Crippen LogP contribution in [0.2, 0.25) is 0 Å². The Bertz CT molecular complexity index is 705. The van der Waals surface area contributed by atoms with E-state index in [2.05, 4.69) is 5.32 Å². The van der Waals surface area contributed by atoms with Crippen molar-refractivity contribution in [2.45, 2.75) is 18.3 Å². The molecule has 112 valence electrons. The summed E-state index contributed by atoms with van der Waals surface area (Å²) in [6.07, 6.45) is 1.65. The van der Waals surface area contributed by atoms with Crippen molar-refractivity contribution in [3.05, 3.63) is 65.7 Å². The number of anilines is 1. The molecule has 22 heavy (non-hydrogen) atoms. The van der Waals surface area contributed by atoms with Crippen LogP contribution in [0, 0.1) is 0 Å². The highest BCUT2D eigenvalue weighted by molar-refractivity contribution is 6.06. The molecule has 4 nitrogen and oxygen atoms in total. The summed E-state index contributed by atoms with van der Waals surface area (Å²) in [6.45, 7) is 0. The van der Waals surface area contributed by atoms with Crippen molar-refractivity contribution in [2.24, 2.45) is 0 Å². The molecule has 1 amide bonds. The molecule has 1 aliphatic rings. The van der Waals surface area contributed by atoms with Crippen LogP contribution in [0.15, 0.2) is 54.6 Å². The molecular weight excluding hydrogens is 278 g/mol. The van der Waals surface area contributed by atoms with Crippen molar-refractivity contribution in [1.82, 2.24) is 0 Å². The van der Waals surface area contributed by atoms with Crippen molar-refractivity contribution in [3.8, 4) is 0 Å². The molecule has 1 saturated carbocycles. The van der Waals surface area contributed by atoms with Crippen molar-refractivity contribution >= 4 is 17.6 Å². The van der Waals surface area contributed by atoms with Gasteiger partial charge in [0.25, 0.3) is 0 Å². The number of carbonyl (C=O) groups is 2. The molecule has 0 unspecified atom stereocenters. The molecule has 0 radical (unpaired) electrons. The third-order valence-electron chi connectivity index (χ3n) is 4.09. The lowest BCUT2D eigenvalue weighted by atomic mass is 9.95. The summed E-state index contributed by atoms with van der Waals surface area (Å²) in [4.78, 5) is 24.5. The molecule has 2 aromatic carbocycles. The average Bonchev–Trinajstić information content (AvgIpc) is 3.37. The highest BCUT2D eigenvalue weighted by Gasteiger charge is 2.51. The monoisotopic (exact) mass is 295 g/mol. The SMILES string of the molecule is COC(=O)c1ccccc1NC(=O)C1(c2ccccc2)CC1. The van der Waals surface area contributed by atoms with Crippen LogP contribution in [0.5, 0.6) is 0 Å². The Hall–Kier alpha value is -2.62. The Morgan fingerprint density at radius 3 is 2.27 bits per heavy atom. The van der Waals surface area contributed by atoms with Gasteiger partial charge in [0, 0.05) is 0 Å². The van der Waals surface area contributed by atoms with Crippen LogP contribution in [0.3, 0.4) is 0 Å². The molecule has 0 saturated heterocycles. The number of rotatable bonds is 4. The quantitative estimate of drug-likeness (QED) is 0.882. The second-order valence-electron chi connectivity index (χ2n) is 5.44. The number of hydrogen-bond donors (Lipinski definition) is 1. The number of methoxy groups -OCH3 is 1. The second-order valence-corrected chi connectivity index (χ2v) is 5.44. The lowest BCUT2D eigenvalue weighted by Gasteiger charge is -2.17. The van der Waals surface area contributed by atoms with E-state index in [1.165, 1.54) is 7.11 Å². The third kappa shape index (κ3) is 2.48. The van der Waals surface area contributed by atoms with Crippen molar-refractivity contribution in [2.75, 3.05) is 12.4 Å². The van der Waals surface area contributed by atoms with Gasteiger partial charge in [0.1, 0.15) is 0 Å². The highest BCUT2D eigenvalue weighted by atomic mass is 16.5. The molecule has 0 bridgehead atoms. The molecule has 0 heterocycles. The summed E-state index contributed by atoms with van der Waals surface area (Å²) in [5.41, 5.74) is 1.40. The van der Waals surface area contributed by atoms with Gasteiger partial charge in [-0.15, -0.1) is 0 Å². The predicted octanol–water partition coefficient (Wildman–Crippen LogP) is 3.14. The Kier molecular flexibility index (Phi) is 3.67. The average molecular weight is 295 g/mol. The van der Waals surface area contributed by atoms with Gasteiger partial charge >= 0.3 is 5.97 Å². The zero-order valence-electron chi connectivity index (χ0n) is 12.3. The lowest BCUT2D eigenvalue weighted by Crippen LogP contribution is -2.28. The van der Waals surface area contributed by atoms with Crippen LogP contribution < -0.4 is 5.32 Å². The van der Waals surface area contributed by atoms with Crippen LogP contribution in [0.4, 0.5) is 5.69 Å². The smallest absolute Gasteiger partial charge is 0.339 e. The van der Waals surface area contributed by atoms with E-state index in [1.807, 2.05) is 30.3 Å². The molecule has 0 atom stereocenters. The van der Waals surface area contributed by atoms with Crippen LogP contribution >= 0.6 is 0 Å². The zero-order chi connectivity index (χ0) is 15.6. The first kappa shape index (κ1) is 14.3. The number of carbonyl (C=O) groups excluding carboxylic acids is 2. The van der Waals surface area contributed by atoms with E-state index < -0.39 is 11.4 Å². The second kappa shape index (κ2) is 5.64. The molecule has 0 spiro atoms. The van der Waals surface area contributed by atoms with Gasteiger partial charge in [0.15, 0.2) is 0 Å². The van der Waals surface area contributed by atoms with Gasteiger partial charge < -0.3 is 10.1 Å². The van der Waals surface area contributed by atoms with Crippen LogP contribution in [-0.4, -0.2) is 19.0 Å². The maximum Gasteiger partial charge on any atom is 0.339 e.